The number of carbonyl (C=O) groups excluding carboxylic acids is 1. The molecule has 9 heteroatoms. The van der Waals surface area contributed by atoms with Crippen LogP contribution in [-0.2, 0) is 9.53 Å². The van der Waals surface area contributed by atoms with Crippen LogP contribution >= 0.6 is 11.3 Å². The average molecular weight is 312 g/mol. The molecular formula is C12H16N4O4S. The Hall–Kier alpha value is -2.16. The fourth-order valence-corrected chi connectivity index (χ4v) is 2.46. The van der Waals surface area contributed by atoms with Gasteiger partial charge in [0.15, 0.2) is 0 Å². The summed E-state index contributed by atoms with van der Waals surface area (Å²) in [4.78, 5) is 27.0. The number of esters is 1. The third kappa shape index (κ3) is 3.30. The molecule has 0 aliphatic heterocycles. The lowest BCUT2D eigenvalue weighted by Gasteiger charge is -2.14. The number of nitrogens with zero attached hydrogens (tertiary/aromatic N) is 3. The maximum absolute atomic E-state index is 11.7. The third-order valence-corrected chi connectivity index (χ3v) is 3.50. The van der Waals surface area contributed by atoms with Crippen LogP contribution in [0.4, 0.5) is 11.6 Å². The van der Waals surface area contributed by atoms with Crippen LogP contribution in [0.25, 0.3) is 4.96 Å². The molecule has 0 aliphatic rings. The van der Waals surface area contributed by atoms with Crippen LogP contribution in [0.5, 0.6) is 0 Å². The zero-order chi connectivity index (χ0) is 15.6. The highest BCUT2D eigenvalue weighted by atomic mass is 32.1. The summed E-state index contributed by atoms with van der Waals surface area (Å²) in [5, 5.41) is 15.7. The number of anilines is 1. The van der Waals surface area contributed by atoms with Gasteiger partial charge in [0.25, 0.3) is 4.96 Å². The summed E-state index contributed by atoms with van der Waals surface area (Å²) in [7, 11) is 0. The minimum atomic E-state index is -0.494. The van der Waals surface area contributed by atoms with Crippen LogP contribution in [-0.4, -0.2) is 32.9 Å². The summed E-state index contributed by atoms with van der Waals surface area (Å²) >= 11 is 1.30. The van der Waals surface area contributed by atoms with E-state index < -0.39 is 10.8 Å². The highest BCUT2D eigenvalue weighted by Crippen LogP contribution is 2.28. The number of imidazole rings is 1. The lowest BCUT2D eigenvalue weighted by molar-refractivity contribution is -0.389. The third-order valence-electron chi connectivity index (χ3n) is 2.74. The molecule has 21 heavy (non-hydrogen) atoms. The van der Waals surface area contributed by atoms with Crippen molar-refractivity contribution in [2.24, 2.45) is 5.92 Å². The summed E-state index contributed by atoms with van der Waals surface area (Å²) in [6.45, 7) is 5.46. The second kappa shape index (κ2) is 6.08. The van der Waals surface area contributed by atoms with E-state index in [9.17, 15) is 14.9 Å². The lowest BCUT2D eigenvalue weighted by atomic mass is 10.2. The molecule has 2 rings (SSSR count). The lowest BCUT2D eigenvalue weighted by Crippen LogP contribution is -2.25. The maximum Gasteiger partial charge on any atom is 0.372 e. The highest BCUT2D eigenvalue weighted by Gasteiger charge is 2.25. The van der Waals surface area contributed by atoms with Gasteiger partial charge in [0.05, 0.1) is 12.0 Å². The van der Waals surface area contributed by atoms with Gasteiger partial charge in [0.2, 0.25) is 5.82 Å². The van der Waals surface area contributed by atoms with Crippen LogP contribution in [0.15, 0.2) is 11.6 Å². The standard InChI is InChI=1S/C12H16N4O4S/c1-7(2)20-11(17)8(3)6-13-9-10(16(18)19)15-4-5-21-12(15)14-9/h4-5,7-8,13H,6H2,1-3H3. The van der Waals surface area contributed by atoms with Crippen molar-refractivity contribution in [3.05, 3.63) is 21.7 Å². The van der Waals surface area contributed by atoms with E-state index in [1.807, 2.05) is 0 Å². The van der Waals surface area contributed by atoms with Crippen LogP contribution < -0.4 is 5.32 Å². The first-order chi connectivity index (χ1) is 9.90. The van der Waals surface area contributed by atoms with Crippen LogP contribution in [0, 0.1) is 16.0 Å². The molecule has 0 fully saturated rings. The van der Waals surface area contributed by atoms with E-state index in [2.05, 4.69) is 10.3 Å². The number of nitro groups is 1. The van der Waals surface area contributed by atoms with Crippen molar-refractivity contribution in [1.29, 1.82) is 0 Å². The maximum atomic E-state index is 11.7. The van der Waals surface area contributed by atoms with E-state index in [1.54, 1.807) is 32.3 Å². The van der Waals surface area contributed by atoms with E-state index in [4.69, 9.17) is 4.74 Å². The molecule has 0 saturated heterocycles. The van der Waals surface area contributed by atoms with Gasteiger partial charge in [0.1, 0.15) is 6.20 Å². The second-order valence-corrected chi connectivity index (χ2v) is 5.74. The van der Waals surface area contributed by atoms with Gasteiger partial charge in [-0.15, -0.1) is 0 Å². The van der Waals surface area contributed by atoms with Gasteiger partial charge in [-0.05, 0) is 18.8 Å². The quantitative estimate of drug-likeness (QED) is 0.499. The van der Waals surface area contributed by atoms with Gasteiger partial charge in [-0.1, -0.05) is 18.3 Å². The van der Waals surface area contributed by atoms with Crippen molar-refractivity contribution in [2.45, 2.75) is 26.9 Å². The second-order valence-electron chi connectivity index (χ2n) is 4.86. The van der Waals surface area contributed by atoms with E-state index >= 15 is 0 Å². The minimum absolute atomic E-state index is 0.129. The largest absolute Gasteiger partial charge is 0.463 e. The van der Waals surface area contributed by atoms with Gasteiger partial charge in [0, 0.05) is 11.9 Å². The smallest absolute Gasteiger partial charge is 0.372 e. The van der Waals surface area contributed by atoms with Gasteiger partial charge >= 0.3 is 11.8 Å². The van der Waals surface area contributed by atoms with Crippen LogP contribution in [0.1, 0.15) is 20.8 Å². The molecule has 1 unspecified atom stereocenters. The monoisotopic (exact) mass is 312 g/mol. The van der Waals surface area contributed by atoms with Crippen molar-refractivity contribution >= 4 is 33.9 Å². The number of ether oxygens (including phenoxy) is 1. The summed E-state index contributed by atoms with van der Waals surface area (Å²) in [5.41, 5.74) is 0. The molecule has 2 heterocycles. The number of rotatable bonds is 6. The molecule has 0 spiro atoms. The van der Waals surface area contributed by atoms with Crippen molar-refractivity contribution in [3.63, 3.8) is 0 Å². The molecule has 0 bridgehead atoms. The number of hydrogen-bond donors (Lipinski definition) is 1. The molecule has 0 saturated carbocycles. The van der Waals surface area contributed by atoms with Gasteiger partial charge in [-0.2, -0.15) is 9.38 Å². The molecule has 0 aliphatic carbocycles. The topological polar surface area (TPSA) is 98.8 Å². The predicted octanol–water partition coefficient (Wildman–Crippen LogP) is 2.30. The Labute approximate surface area is 124 Å². The fourth-order valence-electron chi connectivity index (χ4n) is 1.75. The van der Waals surface area contributed by atoms with E-state index in [-0.39, 0.29) is 30.3 Å². The summed E-state index contributed by atoms with van der Waals surface area (Å²) in [6.07, 6.45) is 1.40. The Morgan fingerprint density at radius 1 is 1.57 bits per heavy atom. The molecule has 0 aromatic carbocycles. The molecular weight excluding hydrogens is 296 g/mol. The first kappa shape index (κ1) is 15.2. The Balaban J connectivity index is 2.09. The molecule has 0 radical (unpaired) electrons. The van der Waals surface area contributed by atoms with E-state index in [1.165, 1.54) is 15.7 Å². The summed E-state index contributed by atoms with van der Waals surface area (Å²) < 4.78 is 6.49. The van der Waals surface area contributed by atoms with Gasteiger partial charge in [-0.3, -0.25) is 4.79 Å². The average Bonchev–Trinajstić information content (AvgIpc) is 2.93. The Kier molecular flexibility index (Phi) is 4.41. The Morgan fingerprint density at radius 2 is 2.29 bits per heavy atom. The minimum Gasteiger partial charge on any atom is -0.463 e. The number of aromatic nitrogens is 2. The summed E-state index contributed by atoms with van der Waals surface area (Å²) in [5.74, 6) is -0.736. The Bertz CT molecular complexity index is 663. The molecule has 1 atom stereocenters. The van der Waals surface area contributed by atoms with Crippen LogP contribution in [0.3, 0.4) is 0 Å². The molecule has 8 nitrogen and oxygen atoms in total. The number of nitrogens with one attached hydrogen (secondary N) is 1. The first-order valence-corrected chi connectivity index (χ1v) is 7.32. The number of fused-ring (bicyclic) bond motifs is 1. The van der Waals surface area contributed by atoms with Crippen molar-refractivity contribution in [3.8, 4) is 0 Å². The zero-order valence-electron chi connectivity index (χ0n) is 11.9. The number of hydrogen-bond acceptors (Lipinski definition) is 7. The number of carbonyl (C=O) groups is 1. The van der Waals surface area contributed by atoms with Crippen molar-refractivity contribution in [1.82, 2.24) is 9.38 Å². The normalized spacial score (nSPS) is 12.6. The van der Waals surface area contributed by atoms with E-state index in [0.717, 1.165) is 0 Å². The summed E-state index contributed by atoms with van der Waals surface area (Å²) in [6, 6.07) is 0. The molecule has 2 aromatic rings. The van der Waals surface area contributed by atoms with Gasteiger partial charge in [-0.25, -0.2) is 0 Å². The van der Waals surface area contributed by atoms with Crippen molar-refractivity contribution in [2.75, 3.05) is 11.9 Å². The molecule has 1 N–H and O–H groups in total. The SMILES string of the molecule is CC(C)OC(=O)C(C)CNc1nc2sccn2c1[N+](=O)[O-]. The molecule has 2 aromatic heterocycles. The zero-order valence-corrected chi connectivity index (χ0v) is 12.7. The fraction of sp³-hybridized carbons (Fsp3) is 0.500. The van der Waals surface area contributed by atoms with Crippen LogP contribution in [0.2, 0.25) is 0 Å². The van der Waals surface area contributed by atoms with Gasteiger partial charge < -0.3 is 20.2 Å². The Morgan fingerprint density at radius 3 is 2.90 bits per heavy atom. The van der Waals surface area contributed by atoms with Crippen molar-refractivity contribution < 1.29 is 14.5 Å². The number of thiazole rings is 1. The predicted molar refractivity (Wildman–Crippen MR) is 78.6 cm³/mol. The first-order valence-electron chi connectivity index (χ1n) is 6.44. The molecule has 114 valence electrons. The highest BCUT2D eigenvalue weighted by molar-refractivity contribution is 7.15. The van der Waals surface area contributed by atoms with E-state index in [0.29, 0.717) is 4.96 Å². The molecule has 0 amide bonds.